The number of para-hydroxylation sites is 1. The highest BCUT2D eigenvalue weighted by molar-refractivity contribution is 6.46. The number of aromatic amines is 1. The number of rotatable bonds is 5. The lowest BCUT2D eigenvalue weighted by atomic mass is 9.95. The van der Waals surface area contributed by atoms with Crippen LogP contribution in [0.4, 0.5) is 4.39 Å². The van der Waals surface area contributed by atoms with Crippen LogP contribution in [0.5, 0.6) is 0 Å². The van der Waals surface area contributed by atoms with Crippen LogP contribution in [0.1, 0.15) is 22.7 Å². The van der Waals surface area contributed by atoms with Gasteiger partial charge in [-0.15, -0.1) is 0 Å². The fourth-order valence-electron chi connectivity index (χ4n) is 4.47. The highest BCUT2D eigenvalue weighted by Gasteiger charge is 2.46. The highest BCUT2D eigenvalue weighted by atomic mass is 35.5. The summed E-state index contributed by atoms with van der Waals surface area (Å²) in [5.74, 6) is -2.55. The summed E-state index contributed by atoms with van der Waals surface area (Å²) < 4.78 is 14.9. The van der Waals surface area contributed by atoms with E-state index in [0.29, 0.717) is 17.0 Å². The molecule has 2 N–H and O–H groups in total. The number of nitrogens with one attached hydrogen (secondary N) is 1. The van der Waals surface area contributed by atoms with Crippen molar-refractivity contribution < 1.29 is 19.1 Å². The van der Waals surface area contributed by atoms with Crippen LogP contribution in [0.2, 0.25) is 5.02 Å². The number of amides is 1. The molecule has 5 nitrogen and oxygen atoms in total. The maximum Gasteiger partial charge on any atom is 0.295 e. The lowest BCUT2D eigenvalue weighted by molar-refractivity contribution is -0.139. The van der Waals surface area contributed by atoms with E-state index < -0.39 is 23.5 Å². The summed E-state index contributed by atoms with van der Waals surface area (Å²) in [5.41, 5.74) is 2.27. The SMILES string of the molecule is O=C1C(=O)N(CCc2c[nH]c3ccccc23)C(c2ccccc2F)/C1=C(/O)c1ccc(Cl)cc1. The number of likely N-dealkylation sites (tertiary alicyclic amines) is 1. The van der Waals surface area contributed by atoms with Crippen molar-refractivity contribution in [3.63, 3.8) is 0 Å². The van der Waals surface area contributed by atoms with Crippen LogP contribution < -0.4 is 0 Å². The van der Waals surface area contributed by atoms with Crippen molar-refractivity contribution in [2.24, 2.45) is 0 Å². The number of carbonyl (C=O) groups excluding carboxylic acids is 2. The Morgan fingerprint density at radius 2 is 1.71 bits per heavy atom. The monoisotopic (exact) mass is 474 g/mol. The molecule has 1 saturated heterocycles. The standard InChI is InChI=1S/C27H20ClFN2O3/c28-18-11-9-16(10-12-18)25(32)23-24(20-6-1-3-7-21(20)29)31(27(34)26(23)33)14-13-17-15-30-22-8-4-2-5-19(17)22/h1-12,15,24,30,32H,13-14H2/b25-23-. The summed E-state index contributed by atoms with van der Waals surface area (Å²) in [5, 5.41) is 12.5. The number of carbonyl (C=O) groups is 2. The minimum Gasteiger partial charge on any atom is -0.507 e. The molecule has 2 heterocycles. The fraction of sp³-hybridized carbons (Fsp3) is 0.111. The van der Waals surface area contributed by atoms with E-state index in [9.17, 15) is 19.1 Å². The van der Waals surface area contributed by atoms with Gasteiger partial charge in [0.1, 0.15) is 11.6 Å². The van der Waals surface area contributed by atoms with Crippen LogP contribution in [0.15, 0.2) is 84.6 Å². The summed E-state index contributed by atoms with van der Waals surface area (Å²) in [6.07, 6.45) is 2.32. The first kappa shape index (κ1) is 21.9. The lowest BCUT2D eigenvalue weighted by Crippen LogP contribution is -2.32. The number of hydrogen-bond donors (Lipinski definition) is 2. The Morgan fingerprint density at radius 3 is 2.47 bits per heavy atom. The summed E-state index contributed by atoms with van der Waals surface area (Å²) in [4.78, 5) is 30.7. The third-order valence-electron chi connectivity index (χ3n) is 6.15. The molecule has 0 spiro atoms. The van der Waals surface area contributed by atoms with Gasteiger partial charge in [-0.2, -0.15) is 0 Å². The molecule has 34 heavy (non-hydrogen) atoms. The predicted octanol–water partition coefficient (Wildman–Crippen LogP) is 5.62. The van der Waals surface area contributed by atoms with Gasteiger partial charge in [0.15, 0.2) is 0 Å². The molecule has 1 aromatic heterocycles. The number of aliphatic hydroxyl groups excluding tert-OH is 1. The van der Waals surface area contributed by atoms with Gasteiger partial charge >= 0.3 is 0 Å². The second kappa shape index (κ2) is 8.80. The number of Topliss-reactive ketones (excluding diaryl/α,β-unsaturated/α-hetero) is 1. The Labute approximate surface area is 200 Å². The van der Waals surface area contributed by atoms with Gasteiger partial charge in [0.05, 0.1) is 11.6 Å². The Morgan fingerprint density at radius 1 is 1.00 bits per heavy atom. The zero-order chi connectivity index (χ0) is 23.8. The number of halogens is 2. The number of nitrogens with zero attached hydrogens (tertiary/aromatic N) is 1. The van der Waals surface area contributed by atoms with Crippen molar-refractivity contribution in [3.8, 4) is 0 Å². The van der Waals surface area contributed by atoms with E-state index in [-0.39, 0.29) is 23.4 Å². The van der Waals surface area contributed by atoms with E-state index in [4.69, 9.17) is 11.6 Å². The zero-order valence-corrected chi connectivity index (χ0v) is 18.7. The number of hydrogen-bond acceptors (Lipinski definition) is 3. The number of H-pyrrole nitrogens is 1. The van der Waals surface area contributed by atoms with Crippen molar-refractivity contribution in [2.75, 3.05) is 6.54 Å². The van der Waals surface area contributed by atoms with Crippen LogP contribution in [0.3, 0.4) is 0 Å². The van der Waals surface area contributed by atoms with Gasteiger partial charge in [0.2, 0.25) is 0 Å². The first-order chi connectivity index (χ1) is 16.5. The maximum atomic E-state index is 14.9. The van der Waals surface area contributed by atoms with E-state index in [1.54, 1.807) is 30.3 Å². The quantitative estimate of drug-likeness (QED) is 0.224. The molecular formula is C27H20ClFN2O3. The van der Waals surface area contributed by atoms with Gasteiger partial charge in [-0.1, -0.05) is 48.0 Å². The molecule has 1 aliphatic rings. The second-order valence-corrected chi connectivity index (χ2v) is 8.57. The van der Waals surface area contributed by atoms with Crippen molar-refractivity contribution >= 4 is 40.0 Å². The van der Waals surface area contributed by atoms with Crippen LogP contribution in [-0.4, -0.2) is 33.2 Å². The van der Waals surface area contributed by atoms with Crippen molar-refractivity contribution in [2.45, 2.75) is 12.5 Å². The lowest BCUT2D eigenvalue weighted by Gasteiger charge is -2.25. The summed E-state index contributed by atoms with van der Waals surface area (Å²) in [6.45, 7) is 0.169. The minimum absolute atomic E-state index is 0.142. The van der Waals surface area contributed by atoms with Crippen LogP contribution >= 0.6 is 11.6 Å². The molecule has 170 valence electrons. The van der Waals surface area contributed by atoms with Gasteiger partial charge in [0, 0.05) is 39.8 Å². The topological polar surface area (TPSA) is 73.4 Å². The third-order valence-corrected chi connectivity index (χ3v) is 6.41. The van der Waals surface area contributed by atoms with Gasteiger partial charge in [-0.3, -0.25) is 9.59 Å². The summed E-state index contributed by atoms with van der Waals surface area (Å²) in [7, 11) is 0. The van der Waals surface area contributed by atoms with Gasteiger partial charge in [-0.05, 0) is 48.4 Å². The molecule has 0 bridgehead atoms. The van der Waals surface area contributed by atoms with Crippen LogP contribution in [0, 0.1) is 5.82 Å². The molecule has 1 aliphatic heterocycles. The number of fused-ring (bicyclic) bond motifs is 1. The molecular weight excluding hydrogens is 455 g/mol. The van der Waals surface area contributed by atoms with E-state index in [1.807, 2.05) is 30.5 Å². The van der Waals surface area contributed by atoms with E-state index in [2.05, 4.69) is 4.98 Å². The van der Waals surface area contributed by atoms with Crippen molar-refractivity contribution in [3.05, 3.63) is 112 Å². The predicted molar refractivity (Wildman–Crippen MR) is 129 cm³/mol. The first-order valence-corrected chi connectivity index (χ1v) is 11.2. The molecule has 1 amide bonds. The molecule has 0 saturated carbocycles. The maximum absolute atomic E-state index is 14.9. The van der Waals surface area contributed by atoms with Gasteiger partial charge in [0.25, 0.3) is 11.7 Å². The Kier molecular flexibility index (Phi) is 5.67. The second-order valence-electron chi connectivity index (χ2n) is 8.13. The first-order valence-electron chi connectivity index (χ1n) is 10.8. The largest absolute Gasteiger partial charge is 0.507 e. The molecule has 1 atom stereocenters. The van der Waals surface area contributed by atoms with Crippen molar-refractivity contribution in [1.29, 1.82) is 0 Å². The molecule has 1 unspecified atom stereocenters. The van der Waals surface area contributed by atoms with Gasteiger partial charge < -0.3 is 15.0 Å². The van der Waals surface area contributed by atoms with Crippen molar-refractivity contribution in [1.82, 2.24) is 9.88 Å². The highest BCUT2D eigenvalue weighted by Crippen LogP contribution is 2.40. The van der Waals surface area contributed by atoms with E-state index >= 15 is 0 Å². The van der Waals surface area contributed by atoms with Crippen LogP contribution in [0.25, 0.3) is 16.7 Å². The average molecular weight is 475 g/mol. The Bertz CT molecular complexity index is 1440. The van der Waals surface area contributed by atoms with E-state index in [0.717, 1.165) is 16.5 Å². The Balaban J connectivity index is 1.58. The van der Waals surface area contributed by atoms with Crippen LogP contribution in [-0.2, 0) is 16.0 Å². The average Bonchev–Trinajstić information content (AvgIpc) is 3.37. The molecule has 5 rings (SSSR count). The molecule has 4 aromatic rings. The van der Waals surface area contributed by atoms with Gasteiger partial charge in [-0.25, -0.2) is 4.39 Å². The third kappa shape index (κ3) is 3.76. The normalized spacial score (nSPS) is 17.6. The molecule has 7 heteroatoms. The number of aromatic nitrogens is 1. The summed E-state index contributed by atoms with van der Waals surface area (Å²) >= 11 is 5.95. The smallest absolute Gasteiger partial charge is 0.295 e. The fourth-order valence-corrected chi connectivity index (χ4v) is 4.60. The zero-order valence-electron chi connectivity index (χ0n) is 18.0. The summed E-state index contributed by atoms with van der Waals surface area (Å²) in [6, 6.07) is 19.0. The minimum atomic E-state index is -1.05. The molecule has 0 aliphatic carbocycles. The molecule has 1 fully saturated rings. The number of ketones is 1. The number of benzene rings is 3. The number of aliphatic hydroxyl groups is 1. The van der Waals surface area contributed by atoms with E-state index in [1.165, 1.54) is 23.1 Å². The Hall–Kier alpha value is -3.90. The molecule has 3 aromatic carbocycles. The molecule has 0 radical (unpaired) electrons.